The molecule has 1 aliphatic rings. The van der Waals surface area contributed by atoms with Gasteiger partial charge in [0, 0.05) is 31.1 Å². The predicted molar refractivity (Wildman–Crippen MR) is 118 cm³/mol. The van der Waals surface area contributed by atoms with Gasteiger partial charge in [-0.05, 0) is 49.6 Å². The van der Waals surface area contributed by atoms with Crippen LogP contribution in [0.2, 0.25) is 0 Å². The Morgan fingerprint density at radius 3 is 2.35 bits per heavy atom. The molecule has 1 aliphatic carbocycles. The summed E-state index contributed by atoms with van der Waals surface area (Å²) in [6.07, 6.45) is 4.23. The minimum atomic E-state index is -3.77. The molecule has 3 rings (SSSR count). The van der Waals surface area contributed by atoms with Gasteiger partial charge in [0.15, 0.2) is 0 Å². The molecule has 2 aromatic carbocycles. The molecule has 0 radical (unpaired) electrons. The van der Waals surface area contributed by atoms with E-state index < -0.39 is 15.8 Å². The molecule has 0 spiro atoms. The van der Waals surface area contributed by atoms with Crippen molar-refractivity contribution in [3.05, 3.63) is 66.0 Å². The average molecular weight is 448 g/mol. The summed E-state index contributed by atoms with van der Waals surface area (Å²) in [6, 6.07) is 14.9. The van der Waals surface area contributed by atoms with Gasteiger partial charge in [-0.2, -0.15) is 0 Å². The number of carbonyl (C=O) groups excluding carboxylic acids is 1. The van der Waals surface area contributed by atoms with Gasteiger partial charge < -0.3 is 10.6 Å². The molecule has 0 aromatic heterocycles. The monoisotopic (exact) mass is 447 g/mol. The number of amides is 1. The molecule has 2 aromatic rings. The molecular weight excluding hydrogens is 417 g/mol. The van der Waals surface area contributed by atoms with Gasteiger partial charge in [0.25, 0.3) is 0 Å². The van der Waals surface area contributed by atoms with E-state index in [1.807, 2.05) is 18.2 Å². The van der Waals surface area contributed by atoms with E-state index in [0.29, 0.717) is 6.54 Å². The van der Waals surface area contributed by atoms with Gasteiger partial charge in [-0.15, -0.1) is 0 Å². The maximum absolute atomic E-state index is 13.0. The van der Waals surface area contributed by atoms with Crippen molar-refractivity contribution in [3.8, 4) is 0 Å². The quantitative estimate of drug-likeness (QED) is 0.522. The summed E-state index contributed by atoms with van der Waals surface area (Å²) in [5.41, 5.74) is 1.05. The van der Waals surface area contributed by atoms with Gasteiger partial charge in [0.05, 0.1) is 4.90 Å². The lowest BCUT2D eigenvalue weighted by Gasteiger charge is -2.34. The van der Waals surface area contributed by atoms with E-state index in [2.05, 4.69) is 34.4 Å². The third kappa shape index (κ3) is 6.59. The molecule has 1 fully saturated rings. The second-order valence-electron chi connectivity index (χ2n) is 8.14. The number of rotatable bonds is 10. The number of hydrogen-bond acceptors (Lipinski definition) is 4. The van der Waals surface area contributed by atoms with Gasteiger partial charge in [-0.3, -0.25) is 4.79 Å². The summed E-state index contributed by atoms with van der Waals surface area (Å²) in [4.78, 5) is 12.3. The fourth-order valence-corrected chi connectivity index (χ4v) is 5.09. The molecule has 1 saturated carbocycles. The largest absolute Gasteiger partial charge is 0.354 e. The number of hydrogen-bond donors (Lipinski definition) is 3. The highest BCUT2D eigenvalue weighted by atomic mass is 32.2. The lowest BCUT2D eigenvalue weighted by Crippen LogP contribution is -2.52. The molecule has 168 valence electrons. The number of halogens is 1. The first-order chi connectivity index (χ1) is 14.8. The molecule has 1 amide bonds. The number of carbonyl (C=O) groups is 1. The first-order valence-electron chi connectivity index (χ1n) is 10.6. The Balaban J connectivity index is 1.48. The van der Waals surface area contributed by atoms with E-state index in [4.69, 9.17) is 0 Å². The van der Waals surface area contributed by atoms with Crippen molar-refractivity contribution in [2.24, 2.45) is 0 Å². The van der Waals surface area contributed by atoms with Crippen LogP contribution in [-0.4, -0.2) is 33.0 Å². The second kappa shape index (κ2) is 10.3. The Hall–Kier alpha value is -2.29. The van der Waals surface area contributed by atoms with Crippen molar-refractivity contribution >= 4 is 15.9 Å². The highest BCUT2D eigenvalue weighted by Gasteiger charge is 2.35. The van der Waals surface area contributed by atoms with Gasteiger partial charge in [-0.25, -0.2) is 17.5 Å². The molecule has 0 heterocycles. The van der Waals surface area contributed by atoms with E-state index >= 15 is 0 Å². The van der Waals surface area contributed by atoms with Crippen LogP contribution in [-0.2, 0) is 14.8 Å². The first kappa shape index (κ1) is 23.4. The fourth-order valence-electron chi connectivity index (χ4n) is 4.06. The molecule has 1 atom stereocenters. The van der Waals surface area contributed by atoms with Crippen LogP contribution in [0.3, 0.4) is 0 Å². The zero-order valence-electron chi connectivity index (χ0n) is 17.7. The van der Waals surface area contributed by atoms with Crippen LogP contribution in [0, 0.1) is 5.82 Å². The molecule has 0 bridgehead atoms. The van der Waals surface area contributed by atoms with Crippen molar-refractivity contribution in [2.45, 2.75) is 55.5 Å². The number of benzene rings is 2. The van der Waals surface area contributed by atoms with E-state index in [-0.39, 0.29) is 35.3 Å². The first-order valence-corrected chi connectivity index (χ1v) is 12.1. The Bertz CT molecular complexity index is 959. The van der Waals surface area contributed by atoms with Crippen LogP contribution >= 0.6 is 0 Å². The normalized spacial score (nSPS) is 16.7. The van der Waals surface area contributed by atoms with Gasteiger partial charge in [0.2, 0.25) is 15.9 Å². The maximum atomic E-state index is 13.0. The van der Waals surface area contributed by atoms with Gasteiger partial charge in [0.1, 0.15) is 5.82 Å². The summed E-state index contributed by atoms with van der Waals surface area (Å²) in [5.74, 6) is -0.711. The van der Waals surface area contributed by atoms with Gasteiger partial charge in [-0.1, -0.05) is 43.2 Å². The average Bonchev–Trinajstić information content (AvgIpc) is 3.22. The van der Waals surface area contributed by atoms with E-state index in [9.17, 15) is 17.6 Å². The SMILES string of the molecule is CC(NC1(CNC(=O)CCNS(=O)(=O)c2ccc(F)cc2)CCCC1)c1ccccc1. The minimum Gasteiger partial charge on any atom is -0.354 e. The molecule has 6 nitrogen and oxygen atoms in total. The Kier molecular flexibility index (Phi) is 7.80. The van der Waals surface area contributed by atoms with Crippen LogP contribution < -0.4 is 15.4 Å². The van der Waals surface area contributed by atoms with Crippen LogP contribution in [0.1, 0.15) is 50.6 Å². The molecule has 31 heavy (non-hydrogen) atoms. The molecule has 3 N–H and O–H groups in total. The molecule has 0 aliphatic heterocycles. The molecule has 0 saturated heterocycles. The summed E-state index contributed by atoms with van der Waals surface area (Å²) < 4.78 is 39.8. The topological polar surface area (TPSA) is 87.3 Å². The fraction of sp³-hybridized carbons (Fsp3) is 0.435. The Morgan fingerprint density at radius 2 is 1.71 bits per heavy atom. The minimum absolute atomic E-state index is 0.0214. The van der Waals surface area contributed by atoms with Crippen molar-refractivity contribution in [2.75, 3.05) is 13.1 Å². The van der Waals surface area contributed by atoms with E-state index in [1.165, 1.54) is 17.7 Å². The summed E-state index contributed by atoms with van der Waals surface area (Å²) >= 11 is 0. The highest BCUT2D eigenvalue weighted by molar-refractivity contribution is 7.89. The van der Waals surface area contributed by atoms with Gasteiger partial charge >= 0.3 is 0 Å². The Morgan fingerprint density at radius 1 is 1.06 bits per heavy atom. The van der Waals surface area contributed by atoms with Crippen LogP contribution in [0.4, 0.5) is 4.39 Å². The number of nitrogens with one attached hydrogen (secondary N) is 3. The molecular formula is C23H30FN3O3S. The second-order valence-corrected chi connectivity index (χ2v) is 9.91. The summed E-state index contributed by atoms with van der Waals surface area (Å²) in [6.45, 7) is 2.61. The van der Waals surface area contributed by atoms with Crippen molar-refractivity contribution in [1.29, 1.82) is 0 Å². The Labute approximate surface area is 183 Å². The standard InChI is InChI=1S/C23H30FN3O3S/c1-18(19-7-3-2-4-8-19)27-23(14-5-6-15-23)17-25-22(28)13-16-26-31(29,30)21-11-9-20(24)10-12-21/h2-4,7-12,18,26-27H,5-6,13-17H2,1H3,(H,25,28). The lowest BCUT2D eigenvalue weighted by molar-refractivity contribution is -0.121. The third-order valence-electron chi connectivity index (χ3n) is 5.77. The van der Waals surface area contributed by atoms with Crippen molar-refractivity contribution in [3.63, 3.8) is 0 Å². The van der Waals surface area contributed by atoms with Crippen molar-refractivity contribution < 1.29 is 17.6 Å². The summed E-state index contributed by atoms with van der Waals surface area (Å²) in [7, 11) is -3.77. The third-order valence-corrected chi connectivity index (χ3v) is 7.25. The van der Waals surface area contributed by atoms with Crippen LogP contribution in [0.5, 0.6) is 0 Å². The molecule has 1 unspecified atom stereocenters. The molecule has 8 heteroatoms. The number of sulfonamides is 1. The lowest BCUT2D eigenvalue weighted by atomic mass is 9.94. The zero-order valence-corrected chi connectivity index (χ0v) is 18.6. The highest BCUT2D eigenvalue weighted by Crippen LogP contribution is 2.31. The smallest absolute Gasteiger partial charge is 0.240 e. The zero-order chi connectivity index (χ0) is 22.3. The van der Waals surface area contributed by atoms with E-state index in [1.54, 1.807) is 0 Å². The summed E-state index contributed by atoms with van der Waals surface area (Å²) in [5, 5.41) is 6.68. The van der Waals surface area contributed by atoms with E-state index in [0.717, 1.165) is 37.8 Å². The van der Waals surface area contributed by atoms with Crippen molar-refractivity contribution in [1.82, 2.24) is 15.4 Å². The van der Waals surface area contributed by atoms with Crippen LogP contribution in [0.25, 0.3) is 0 Å². The van der Waals surface area contributed by atoms with Crippen LogP contribution in [0.15, 0.2) is 59.5 Å². The maximum Gasteiger partial charge on any atom is 0.240 e. The predicted octanol–water partition coefficient (Wildman–Crippen LogP) is 3.27.